The first-order valence-electron chi connectivity index (χ1n) is 11.0. The Kier molecular flexibility index (Phi) is 5.61. The summed E-state index contributed by atoms with van der Waals surface area (Å²) in [6.45, 7) is 4.42. The summed E-state index contributed by atoms with van der Waals surface area (Å²) in [6.07, 6.45) is 6.85. The minimum absolute atomic E-state index is 0.0470. The first-order valence-corrected chi connectivity index (χ1v) is 12.2. The molecule has 1 aliphatic carbocycles. The molecule has 3 aromatic rings. The fourth-order valence-corrected chi connectivity index (χ4v) is 6.15. The molecule has 1 N–H and O–H groups in total. The molecule has 0 unspecified atom stereocenters. The average molecular weight is 495 g/mol. The number of nitrogens with one attached hydrogen (secondary N) is 1. The lowest BCUT2D eigenvalue weighted by Crippen LogP contribution is -2.37. The van der Waals surface area contributed by atoms with Crippen molar-refractivity contribution in [3.05, 3.63) is 81.8 Å². The molecule has 1 saturated carbocycles. The highest BCUT2D eigenvalue weighted by molar-refractivity contribution is 9.10. The topological polar surface area (TPSA) is 33.1 Å². The lowest BCUT2D eigenvalue weighted by molar-refractivity contribution is 0.245. The molecular formula is C25H27BrN4S. The third-order valence-electron chi connectivity index (χ3n) is 6.71. The third-order valence-corrected chi connectivity index (χ3v) is 7.53. The van der Waals surface area contributed by atoms with Gasteiger partial charge >= 0.3 is 0 Å². The third kappa shape index (κ3) is 3.70. The van der Waals surface area contributed by atoms with Crippen LogP contribution >= 0.6 is 28.1 Å². The van der Waals surface area contributed by atoms with Gasteiger partial charge in [-0.05, 0) is 80.9 Å². The van der Waals surface area contributed by atoms with Crippen LogP contribution in [0.25, 0.3) is 5.69 Å². The van der Waals surface area contributed by atoms with E-state index in [-0.39, 0.29) is 12.1 Å². The smallest absolute Gasteiger partial charge is 0.170 e. The number of pyridine rings is 1. The van der Waals surface area contributed by atoms with Gasteiger partial charge in [-0.15, -0.1) is 0 Å². The van der Waals surface area contributed by atoms with Crippen LogP contribution in [-0.2, 0) is 0 Å². The largest absolute Gasteiger partial charge is 0.352 e. The molecule has 5 rings (SSSR count). The van der Waals surface area contributed by atoms with E-state index >= 15 is 0 Å². The maximum atomic E-state index is 5.90. The van der Waals surface area contributed by atoms with E-state index in [0.29, 0.717) is 6.04 Å². The molecule has 31 heavy (non-hydrogen) atoms. The highest BCUT2D eigenvalue weighted by Crippen LogP contribution is 2.44. The lowest BCUT2D eigenvalue weighted by Gasteiger charge is -2.33. The van der Waals surface area contributed by atoms with Crippen molar-refractivity contribution in [2.24, 2.45) is 0 Å². The molecule has 2 fully saturated rings. The van der Waals surface area contributed by atoms with E-state index in [0.717, 1.165) is 15.3 Å². The second kappa shape index (κ2) is 8.40. The molecule has 1 aromatic carbocycles. The van der Waals surface area contributed by atoms with Crippen molar-refractivity contribution in [2.45, 2.75) is 57.7 Å². The van der Waals surface area contributed by atoms with E-state index in [4.69, 9.17) is 17.2 Å². The van der Waals surface area contributed by atoms with Crippen molar-refractivity contribution in [3.8, 4) is 5.69 Å². The first-order chi connectivity index (χ1) is 15.0. The van der Waals surface area contributed by atoms with E-state index in [1.807, 2.05) is 12.3 Å². The number of halogens is 1. The second-order valence-corrected chi connectivity index (χ2v) is 9.92. The quantitative estimate of drug-likeness (QED) is 0.439. The number of thiocarbonyl (C=S) groups is 1. The van der Waals surface area contributed by atoms with Gasteiger partial charge in [-0.2, -0.15) is 0 Å². The molecule has 3 heterocycles. The molecule has 0 radical (unpaired) electrons. The summed E-state index contributed by atoms with van der Waals surface area (Å²) in [5, 5.41) is 4.49. The Morgan fingerprint density at radius 3 is 2.58 bits per heavy atom. The fraction of sp³-hybridized carbons (Fsp3) is 0.360. The summed E-state index contributed by atoms with van der Waals surface area (Å²) < 4.78 is 3.44. The van der Waals surface area contributed by atoms with Gasteiger partial charge in [0.2, 0.25) is 0 Å². The first kappa shape index (κ1) is 20.7. The van der Waals surface area contributed by atoms with E-state index in [1.165, 1.54) is 48.3 Å². The van der Waals surface area contributed by atoms with Crippen molar-refractivity contribution in [1.82, 2.24) is 19.8 Å². The van der Waals surface area contributed by atoms with Gasteiger partial charge in [0.15, 0.2) is 5.11 Å². The molecule has 1 aliphatic heterocycles. The summed E-state index contributed by atoms with van der Waals surface area (Å²) in [7, 11) is 0. The van der Waals surface area contributed by atoms with Gasteiger partial charge in [0.05, 0.1) is 17.8 Å². The highest BCUT2D eigenvalue weighted by Gasteiger charge is 2.44. The molecular weight excluding hydrogens is 468 g/mol. The maximum Gasteiger partial charge on any atom is 0.170 e. The molecule has 2 aromatic heterocycles. The molecule has 6 heteroatoms. The van der Waals surface area contributed by atoms with Gasteiger partial charge in [-0.1, -0.05) is 40.9 Å². The molecule has 0 bridgehead atoms. The Labute approximate surface area is 197 Å². The lowest BCUT2D eigenvalue weighted by atomic mass is 9.95. The van der Waals surface area contributed by atoms with Crippen molar-refractivity contribution >= 4 is 33.3 Å². The van der Waals surface area contributed by atoms with E-state index < -0.39 is 0 Å². The number of aryl methyl sites for hydroxylation is 1. The maximum absolute atomic E-state index is 5.90. The van der Waals surface area contributed by atoms with Crippen molar-refractivity contribution in [1.29, 1.82) is 0 Å². The van der Waals surface area contributed by atoms with Crippen molar-refractivity contribution in [2.75, 3.05) is 0 Å². The van der Waals surface area contributed by atoms with Crippen LogP contribution in [0.15, 0.2) is 59.2 Å². The van der Waals surface area contributed by atoms with Gasteiger partial charge in [-0.3, -0.25) is 4.98 Å². The highest BCUT2D eigenvalue weighted by atomic mass is 79.9. The minimum atomic E-state index is 0.0470. The Hall–Kier alpha value is -2.18. The molecule has 4 nitrogen and oxygen atoms in total. The zero-order chi connectivity index (χ0) is 21.5. The summed E-state index contributed by atoms with van der Waals surface area (Å²) in [4.78, 5) is 7.18. The number of hydrogen-bond donors (Lipinski definition) is 1. The van der Waals surface area contributed by atoms with Gasteiger partial charge in [-0.25, -0.2) is 0 Å². The van der Waals surface area contributed by atoms with E-state index in [1.54, 1.807) is 0 Å². The van der Waals surface area contributed by atoms with Gasteiger partial charge < -0.3 is 14.8 Å². The van der Waals surface area contributed by atoms with Crippen LogP contribution in [0, 0.1) is 13.8 Å². The van der Waals surface area contributed by atoms with Crippen molar-refractivity contribution < 1.29 is 0 Å². The van der Waals surface area contributed by atoms with E-state index in [2.05, 4.69) is 87.0 Å². The number of aromatic nitrogens is 2. The summed E-state index contributed by atoms with van der Waals surface area (Å²) in [6, 6.07) is 17.7. The standard InChI is InChI=1S/C25H27BrN4S/c1-16-14-21(17(2)29(16)20-11-7-8-18(26)15-20)24-23(22-12-5-6-13-27-22)28-25(31)30(24)19-9-3-4-10-19/h5-8,11-15,19,23-24H,3-4,9-10H2,1-2H3,(H,28,31)/t23-,24+/m1/s1. The predicted octanol–water partition coefficient (Wildman–Crippen LogP) is 6.17. The van der Waals surface area contributed by atoms with Crippen molar-refractivity contribution in [3.63, 3.8) is 0 Å². The van der Waals surface area contributed by atoms with Crippen LogP contribution < -0.4 is 5.32 Å². The molecule has 2 atom stereocenters. The van der Waals surface area contributed by atoms with Crippen LogP contribution in [0.2, 0.25) is 0 Å². The Bertz CT molecular complexity index is 1100. The molecule has 1 saturated heterocycles. The molecule has 2 aliphatic rings. The summed E-state index contributed by atoms with van der Waals surface area (Å²) in [5.74, 6) is 0. The Balaban J connectivity index is 1.64. The normalized spacial score (nSPS) is 21.6. The van der Waals surface area contributed by atoms with Crippen LogP contribution in [0.4, 0.5) is 0 Å². The molecule has 0 spiro atoms. The van der Waals surface area contributed by atoms with Gasteiger partial charge in [0.1, 0.15) is 0 Å². The average Bonchev–Trinajstić information content (AvgIpc) is 3.46. The fourth-order valence-electron chi connectivity index (χ4n) is 5.37. The van der Waals surface area contributed by atoms with Crippen LogP contribution in [0.5, 0.6) is 0 Å². The SMILES string of the molecule is Cc1cc([C@H]2[C@@H](c3ccccn3)NC(=S)N2C2CCCC2)c(C)n1-c1cccc(Br)c1. The van der Waals surface area contributed by atoms with Gasteiger partial charge in [0.25, 0.3) is 0 Å². The number of hydrogen-bond acceptors (Lipinski definition) is 2. The minimum Gasteiger partial charge on any atom is -0.352 e. The Morgan fingerprint density at radius 2 is 1.87 bits per heavy atom. The molecule has 160 valence electrons. The van der Waals surface area contributed by atoms with E-state index in [9.17, 15) is 0 Å². The number of rotatable bonds is 4. The monoisotopic (exact) mass is 494 g/mol. The summed E-state index contributed by atoms with van der Waals surface area (Å²) in [5.41, 5.74) is 6.03. The zero-order valence-corrected chi connectivity index (χ0v) is 20.3. The zero-order valence-electron chi connectivity index (χ0n) is 17.9. The second-order valence-electron chi connectivity index (χ2n) is 8.61. The van der Waals surface area contributed by atoms with Crippen LogP contribution in [0.1, 0.15) is 60.4 Å². The van der Waals surface area contributed by atoms with Gasteiger partial charge in [0, 0.05) is 33.8 Å². The predicted molar refractivity (Wildman–Crippen MR) is 132 cm³/mol. The van der Waals surface area contributed by atoms with Crippen LogP contribution in [-0.4, -0.2) is 25.6 Å². The number of nitrogens with zero attached hydrogens (tertiary/aromatic N) is 3. The Morgan fingerprint density at radius 1 is 1.06 bits per heavy atom. The summed E-state index contributed by atoms with van der Waals surface area (Å²) >= 11 is 9.53. The van der Waals surface area contributed by atoms with Crippen LogP contribution in [0.3, 0.4) is 0 Å². The molecule has 0 amide bonds. The number of benzene rings is 1.